The molecule has 8 rings (SSSR count). The number of pyridine rings is 1. The number of aromatic nitrogens is 2. The summed E-state index contributed by atoms with van der Waals surface area (Å²) in [4.78, 5) is 22.3. The summed E-state index contributed by atoms with van der Waals surface area (Å²) in [6.07, 6.45) is 3.37. The van der Waals surface area contributed by atoms with Crippen molar-refractivity contribution >= 4 is 62.9 Å². The number of nitriles is 1. The number of carbonyl (C=O) groups is 1. The molecule has 1 amide bonds. The van der Waals surface area contributed by atoms with Crippen molar-refractivity contribution in [1.29, 1.82) is 5.26 Å². The molecule has 2 bridgehead atoms. The van der Waals surface area contributed by atoms with Gasteiger partial charge in [0.05, 0.1) is 39.8 Å². The lowest BCUT2D eigenvalue weighted by Gasteiger charge is -2.41. The van der Waals surface area contributed by atoms with Crippen LogP contribution in [0, 0.1) is 23.1 Å². The molecule has 1 saturated carbocycles. The van der Waals surface area contributed by atoms with E-state index in [9.17, 15) is 15.2 Å². The number of nitrogens with zero attached hydrogens (tertiary/aromatic N) is 5. The van der Waals surface area contributed by atoms with Crippen LogP contribution in [0.15, 0.2) is 35.4 Å². The zero-order valence-corrected chi connectivity index (χ0v) is 31.9. The van der Waals surface area contributed by atoms with E-state index in [1.165, 1.54) is 18.9 Å². The first-order chi connectivity index (χ1) is 24.3. The Morgan fingerprint density at radius 1 is 1.24 bits per heavy atom. The number of hydrogen-bond donors (Lipinski definition) is 1. The fourth-order valence-corrected chi connectivity index (χ4v) is 9.49. The SMILES string of the molecule is COC(O)N1[C@H](C)CC[C@@H]1c1cc2c(SC)nc3c(F)c(-c4cccc(Cl)c4Cl)c(CCC#N)cc3c2n1[C@H]1[C@@H]2C[C@H]1N(C(=O)OC(C)(C)C)C2. The molecule has 3 saturated heterocycles. The van der Waals surface area contributed by atoms with Crippen LogP contribution < -0.4 is 0 Å². The lowest BCUT2D eigenvalue weighted by Crippen LogP contribution is -2.45. The average Bonchev–Trinajstić information content (AvgIpc) is 3.86. The van der Waals surface area contributed by atoms with E-state index in [1.54, 1.807) is 18.2 Å². The van der Waals surface area contributed by atoms with E-state index in [4.69, 9.17) is 37.7 Å². The molecule has 1 unspecified atom stereocenters. The number of likely N-dealkylation sites (tertiary alicyclic amines) is 1. The highest BCUT2D eigenvalue weighted by molar-refractivity contribution is 7.98. The molecule has 1 aliphatic carbocycles. The van der Waals surface area contributed by atoms with Crippen molar-refractivity contribution in [3.63, 3.8) is 0 Å². The number of aryl methyl sites for hydroxylation is 1. The third kappa shape index (κ3) is 6.06. The van der Waals surface area contributed by atoms with Crippen LogP contribution in [0.1, 0.15) is 76.7 Å². The first-order valence-corrected chi connectivity index (χ1v) is 19.3. The van der Waals surface area contributed by atoms with E-state index in [1.807, 2.05) is 42.9 Å². The van der Waals surface area contributed by atoms with Gasteiger partial charge < -0.3 is 24.0 Å². The van der Waals surface area contributed by atoms with Crippen LogP contribution in [-0.2, 0) is 15.9 Å². The normalized spacial score (nSPS) is 23.9. The second kappa shape index (κ2) is 13.7. The molecule has 2 aromatic heterocycles. The summed E-state index contributed by atoms with van der Waals surface area (Å²) in [6, 6.07) is 11.0. The van der Waals surface area contributed by atoms with E-state index in [0.29, 0.717) is 33.1 Å². The summed E-state index contributed by atoms with van der Waals surface area (Å²) in [7, 11) is 1.49. The Morgan fingerprint density at radius 2 is 2.00 bits per heavy atom. The molecular weight excluding hydrogens is 712 g/mol. The van der Waals surface area contributed by atoms with Crippen molar-refractivity contribution < 1.29 is 23.8 Å². The minimum atomic E-state index is -1.12. The highest BCUT2D eigenvalue weighted by Gasteiger charge is 2.57. The van der Waals surface area contributed by atoms with Crippen molar-refractivity contribution in [2.24, 2.45) is 5.92 Å². The highest BCUT2D eigenvalue weighted by atomic mass is 35.5. The van der Waals surface area contributed by atoms with Gasteiger partial charge in [0.2, 0.25) is 6.41 Å². The monoisotopic (exact) mass is 753 g/mol. The second-order valence-corrected chi connectivity index (χ2v) is 16.4. The van der Waals surface area contributed by atoms with E-state index < -0.39 is 17.8 Å². The standard InChI is InChI=1S/C38H42Cl2FN5O4S/c1-19-12-13-26(45(19)37(48)49-5)27-17-24-34(46(27)33-21-16-28(33)44(18-21)36(47)50-38(2,3)4)23-15-20(9-8-14-42)29(22-10-7-11-25(39)30(22)40)31(41)32(23)43-35(24)51-6/h7,10-11,15,17,19,21,26,28,33,37,48H,8-9,12-13,16,18H2,1-6H3/t19-,21-,26-,28-,33+,37?/m1/s1. The predicted molar refractivity (Wildman–Crippen MR) is 199 cm³/mol. The first kappa shape index (κ1) is 36.3. The van der Waals surface area contributed by atoms with Crippen LogP contribution in [0.4, 0.5) is 9.18 Å². The Morgan fingerprint density at radius 3 is 2.69 bits per heavy atom. The molecule has 5 heterocycles. The lowest BCUT2D eigenvalue weighted by molar-refractivity contribution is -0.193. The molecule has 2 aromatic carbocycles. The second-order valence-electron chi connectivity index (χ2n) is 14.8. The molecule has 4 aliphatic rings. The number of thioether (sulfide) groups is 1. The van der Waals surface area contributed by atoms with Gasteiger partial charge in [-0.3, -0.25) is 0 Å². The Bertz CT molecular complexity index is 2080. The molecule has 51 heavy (non-hydrogen) atoms. The van der Waals surface area contributed by atoms with Gasteiger partial charge in [0, 0.05) is 59.6 Å². The molecule has 3 aliphatic heterocycles. The molecule has 4 fully saturated rings. The number of amides is 1. The quantitative estimate of drug-likeness (QED) is 0.140. The fourth-order valence-electron chi connectivity index (χ4n) is 8.54. The summed E-state index contributed by atoms with van der Waals surface area (Å²) >= 11 is 14.5. The van der Waals surface area contributed by atoms with Gasteiger partial charge in [0.15, 0.2) is 5.82 Å². The number of aliphatic hydroxyl groups excluding tert-OH is 1. The molecule has 6 atom stereocenters. The van der Waals surface area contributed by atoms with Crippen molar-refractivity contribution in [2.45, 2.75) is 101 Å². The van der Waals surface area contributed by atoms with Gasteiger partial charge >= 0.3 is 6.09 Å². The van der Waals surface area contributed by atoms with Gasteiger partial charge in [-0.25, -0.2) is 19.1 Å². The minimum absolute atomic E-state index is 0.0442. The maximum atomic E-state index is 17.3. The number of carbonyl (C=O) groups excluding carboxylic acids is 1. The number of rotatable bonds is 8. The Balaban J connectivity index is 1.52. The highest BCUT2D eigenvalue weighted by Crippen LogP contribution is 2.55. The van der Waals surface area contributed by atoms with Crippen molar-refractivity contribution in [3.05, 3.63) is 57.5 Å². The fraction of sp³-hybridized carbons (Fsp3) is 0.500. The molecule has 9 nitrogen and oxygen atoms in total. The maximum Gasteiger partial charge on any atom is 0.410 e. The number of ether oxygens (including phenoxy) is 2. The summed E-state index contributed by atoms with van der Waals surface area (Å²) in [5.41, 5.74) is 2.67. The van der Waals surface area contributed by atoms with Gasteiger partial charge in [-0.2, -0.15) is 5.26 Å². The van der Waals surface area contributed by atoms with Crippen LogP contribution in [0.2, 0.25) is 10.0 Å². The Kier molecular flexibility index (Phi) is 9.74. The van der Waals surface area contributed by atoms with Gasteiger partial charge in [-0.1, -0.05) is 35.3 Å². The number of benzene rings is 2. The van der Waals surface area contributed by atoms with Gasteiger partial charge in [-0.05, 0) is 83.4 Å². The first-order valence-electron chi connectivity index (χ1n) is 17.3. The van der Waals surface area contributed by atoms with Crippen LogP contribution >= 0.6 is 35.0 Å². The van der Waals surface area contributed by atoms with E-state index >= 15 is 4.39 Å². The Labute approximate surface area is 311 Å². The number of hydrogen-bond acceptors (Lipinski definition) is 8. The van der Waals surface area contributed by atoms with Crippen molar-refractivity contribution in [2.75, 3.05) is 19.9 Å². The summed E-state index contributed by atoms with van der Waals surface area (Å²) in [5, 5.41) is 23.4. The predicted octanol–water partition coefficient (Wildman–Crippen LogP) is 9.11. The third-order valence-corrected chi connectivity index (χ3v) is 12.2. The summed E-state index contributed by atoms with van der Waals surface area (Å²) in [5.74, 6) is -0.390. The summed E-state index contributed by atoms with van der Waals surface area (Å²) in [6.45, 7) is 8.22. The number of halogens is 3. The van der Waals surface area contributed by atoms with E-state index in [0.717, 1.165) is 35.9 Å². The zero-order valence-electron chi connectivity index (χ0n) is 29.5. The molecule has 270 valence electrons. The van der Waals surface area contributed by atoms with Crippen molar-refractivity contribution in [1.82, 2.24) is 19.4 Å². The zero-order chi connectivity index (χ0) is 36.5. The molecular formula is C38H42Cl2FN5O4S. The van der Waals surface area contributed by atoms with Crippen LogP contribution in [-0.4, -0.2) is 74.6 Å². The lowest BCUT2D eigenvalue weighted by atomic mass is 9.79. The summed E-state index contributed by atoms with van der Waals surface area (Å²) < 4.78 is 30.9. The average molecular weight is 755 g/mol. The largest absolute Gasteiger partial charge is 0.444 e. The molecule has 4 aromatic rings. The van der Waals surface area contributed by atoms with Crippen molar-refractivity contribution in [3.8, 4) is 17.2 Å². The minimum Gasteiger partial charge on any atom is -0.444 e. The number of fused-ring (bicyclic) bond motifs is 4. The third-order valence-electron chi connectivity index (χ3n) is 10.7. The van der Waals surface area contributed by atoms with Crippen LogP contribution in [0.25, 0.3) is 32.9 Å². The molecule has 0 spiro atoms. The number of methoxy groups -OCH3 is 1. The number of aliphatic hydroxyl groups is 1. The van der Waals surface area contributed by atoms with Crippen LogP contribution in [0.3, 0.4) is 0 Å². The maximum absolute atomic E-state index is 17.3. The van der Waals surface area contributed by atoms with E-state index in [2.05, 4.69) is 23.6 Å². The molecule has 1 N–H and O–H groups in total. The smallest absolute Gasteiger partial charge is 0.410 e. The van der Waals surface area contributed by atoms with Crippen LogP contribution in [0.5, 0.6) is 0 Å². The Hall–Kier alpha value is -3.11. The molecule has 13 heteroatoms. The van der Waals surface area contributed by atoms with Gasteiger partial charge in [0.1, 0.15) is 16.1 Å². The van der Waals surface area contributed by atoms with Gasteiger partial charge in [0.25, 0.3) is 0 Å². The van der Waals surface area contributed by atoms with Gasteiger partial charge in [-0.15, -0.1) is 11.8 Å². The molecule has 0 radical (unpaired) electrons. The van der Waals surface area contributed by atoms with E-state index in [-0.39, 0.29) is 65.1 Å². The topological polar surface area (TPSA) is 104 Å².